The molecule has 2 aromatic heterocycles. The van der Waals surface area contributed by atoms with Crippen molar-refractivity contribution >= 4 is 39.8 Å². The average molecular weight is 393 g/mol. The number of fused-ring (bicyclic) bond motifs is 1. The first kappa shape index (κ1) is 18.9. The third kappa shape index (κ3) is 3.76. The van der Waals surface area contributed by atoms with Crippen molar-refractivity contribution in [3.8, 4) is 0 Å². The summed E-state index contributed by atoms with van der Waals surface area (Å²) in [6.07, 6.45) is 5.46. The normalized spacial score (nSPS) is 16.0. The number of hydrogen-bond donors (Lipinski definition) is 1. The lowest BCUT2D eigenvalue weighted by molar-refractivity contribution is 0.0526. The number of hydrogen-bond acceptors (Lipinski definition) is 5. The van der Waals surface area contributed by atoms with Gasteiger partial charge in [-0.2, -0.15) is 0 Å². The molecule has 1 N–H and O–H groups in total. The van der Waals surface area contributed by atoms with Crippen molar-refractivity contribution in [2.75, 3.05) is 11.9 Å². The highest BCUT2D eigenvalue weighted by molar-refractivity contribution is 7.17. The smallest absolute Gasteiger partial charge is 0.341 e. The summed E-state index contributed by atoms with van der Waals surface area (Å²) in [6.45, 7) is 4.25. The number of nitrogens with zero attached hydrogens (tertiary/aromatic N) is 1. The molecule has 7 heteroatoms. The molecule has 0 saturated heterocycles. The molecule has 1 amide bonds. The van der Waals surface area contributed by atoms with Crippen molar-refractivity contribution in [2.45, 2.75) is 39.5 Å². The molecule has 26 heavy (non-hydrogen) atoms. The van der Waals surface area contributed by atoms with Crippen LogP contribution in [0.1, 0.15) is 57.8 Å². The minimum absolute atomic E-state index is 0.134. The van der Waals surface area contributed by atoms with Crippen molar-refractivity contribution in [3.63, 3.8) is 0 Å². The lowest BCUT2D eigenvalue weighted by Gasteiger charge is -2.20. The molecular weight excluding hydrogens is 372 g/mol. The van der Waals surface area contributed by atoms with Gasteiger partial charge in [-0.3, -0.25) is 4.79 Å². The number of carbonyl (C=O) groups is 2. The van der Waals surface area contributed by atoms with Crippen LogP contribution in [0, 0.1) is 5.92 Å². The van der Waals surface area contributed by atoms with E-state index < -0.39 is 0 Å². The molecule has 2 heterocycles. The molecule has 1 atom stereocenters. The van der Waals surface area contributed by atoms with E-state index in [1.54, 1.807) is 19.1 Å². The van der Waals surface area contributed by atoms with Crippen LogP contribution in [0.25, 0.3) is 0 Å². The van der Waals surface area contributed by atoms with E-state index in [4.69, 9.17) is 16.3 Å². The van der Waals surface area contributed by atoms with Crippen LogP contribution in [0.2, 0.25) is 5.15 Å². The highest BCUT2D eigenvalue weighted by Gasteiger charge is 2.30. The Labute approximate surface area is 161 Å². The van der Waals surface area contributed by atoms with Crippen molar-refractivity contribution in [1.29, 1.82) is 0 Å². The first-order valence-corrected chi connectivity index (χ1v) is 9.98. The molecule has 138 valence electrons. The van der Waals surface area contributed by atoms with E-state index in [0.29, 0.717) is 23.1 Å². The van der Waals surface area contributed by atoms with Crippen molar-refractivity contribution in [2.24, 2.45) is 5.92 Å². The van der Waals surface area contributed by atoms with Gasteiger partial charge in [-0.05, 0) is 49.8 Å². The van der Waals surface area contributed by atoms with Gasteiger partial charge in [-0.1, -0.05) is 24.9 Å². The third-order valence-electron chi connectivity index (χ3n) is 4.66. The fourth-order valence-electron chi connectivity index (χ4n) is 3.24. The summed E-state index contributed by atoms with van der Waals surface area (Å²) in [6, 6.07) is 3.26. The van der Waals surface area contributed by atoms with E-state index in [-0.39, 0.29) is 22.6 Å². The van der Waals surface area contributed by atoms with Crippen LogP contribution in [0.5, 0.6) is 0 Å². The van der Waals surface area contributed by atoms with Crippen molar-refractivity contribution in [3.05, 3.63) is 45.1 Å². The van der Waals surface area contributed by atoms with Gasteiger partial charge in [0.05, 0.1) is 17.7 Å². The number of halogens is 1. The lowest BCUT2D eigenvalue weighted by Crippen LogP contribution is -2.17. The highest BCUT2D eigenvalue weighted by atomic mass is 35.5. The zero-order valence-electron chi connectivity index (χ0n) is 14.8. The molecular formula is C19H21ClN2O3S. The molecule has 1 aliphatic rings. The Hall–Kier alpha value is -1.92. The van der Waals surface area contributed by atoms with E-state index in [2.05, 4.69) is 17.2 Å². The molecule has 3 rings (SSSR count). The Bertz CT molecular complexity index is 834. The molecule has 0 bridgehead atoms. The zero-order chi connectivity index (χ0) is 18.7. The highest BCUT2D eigenvalue weighted by Crippen LogP contribution is 2.41. The third-order valence-corrected chi connectivity index (χ3v) is 6.13. The monoisotopic (exact) mass is 392 g/mol. The van der Waals surface area contributed by atoms with E-state index in [9.17, 15) is 9.59 Å². The molecule has 5 nitrogen and oxygen atoms in total. The summed E-state index contributed by atoms with van der Waals surface area (Å²) in [5, 5.41) is 3.52. The minimum Gasteiger partial charge on any atom is -0.462 e. The van der Waals surface area contributed by atoms with Crippen LogP contribution in [-0.4, -0.2) is 23.5 Å². The fourth-order valence-corrected chi connectivity index (χ4v) is 4.79. The second-order valence-electron chi connectivity index (χ2n) is 6.24. The van der Waals surface area contributed by atoms with Crippen LogP contribution in [0.3, 0.4) is 0 Å². The quantitative estimate of drug-likeness (QED) is 0.589. The summed E-state index contributed by atoms with van der Waals surface area (Å²) in [5.74, 6) is -0.140. The summed E-state index contributed by atoms with van der Waals surface area (Å²) < 4.78 is 5.24. The Morgan fingerprint density at radius 2 is 2.23 bits per heavy atom. The number of aromatic nitrogens is 1. The van der Waals surface area contributed by atoms with Gasteiger partial charge < -0.3 is 10.1 Å². The Balaban J connectivity index is 1.95. The fraction of sp³-hybridized carbons (Fsp3) is 0.421. The largest absolute Gasteiger partial charge is 0.462 e. The summed E-state index contributed by atoms with van der Waals surface area (Å²) >= 11 is 7.48. The molecule has 0 unspecified atom stereocenters. The zero-order valence-corrected chi connectivity index (χ0v) is 16.4. The number of thiophene rings is 1. The van der Waals surface area contributed by atoms with Gasteiger partial charge in [0.15, 0.2) is 0 Å². The van der Waals surface area contributed by atoms with Gasteiger partial charge >= 0.3 is 5.97 Å². The maximum Gasteiger partial charge on any atom is 0.341 e. The van der Waals surface area contributed by atoms with E-state index in [0.717, 1.165) is 31.2 Å². The number of amides is 1. The second kappa shape index (κ2) is 8.18. The number of ether oxygens (including phenoxy) is 1. The van der Waals surface area contributed by atoms with Gasteiger partial charge in [0.2, 0.25) is 0 Å². The maximum atomic E-state index is 12.6. The van der Waals surface area contributed by atoms with Crippen LogP contribution in [0.15, 0.2) is 18.3 Å². The second-order valence-corrected chi connectivity index (χ2v) is 7.70. The molecule has 0 aliphatic heterocycles. The Kier molecular flexibility index (Phi) is 5.94. The first-order chi connectivity index (χ1) is 12.5. The topological polar surface area (TPSA) is 68.3 Å². The van der Waals surface area contributed by atoms with Gasteiger partial charge in [0.1, 0.15) is 10.2 Å². The Morgan fingerprint density at radius 3 is 2.92 bits per heavy atom. The van der Waals surface area contributed by atoms with E-state index in [1.165, 1.54) is 22.4 Å². The number of carbonyl (C=O) groups excluding carboxylic acids is 2. The Morgan fingerprint density at radius 1 is 1.42 bits per heavy atom. The van der Waals surface area contributed by atoms with Crippen LogP contribution in [-0.2, 0) is 17.6 Å². The van der Waals surface area contributed by atoms with Crippen molar-refractivity contribution in [1.82, 2.24) is 4.98 Å². The number of esters is 1. The molecule has 0 spiro atoms. The number of pyridine rings is 1. The van der Waals surface area contributed by atoms with Gasteiger partial charge in [-0.25, -0.2) is 9.78 Å². The average Bonchev–Trinajstić information content (AvgIpc) is 2.98. The standard InChI is InChI=1S/C19H21ClN2O3S/c1-3-11-7-8-12-14(10-11)26-18(15(12)19(24)25-4-2)22-17(23)13-6-5-9-21-16(13)20/h5-6,9,11H,3-4,7-8,10H2,1-2H3,(H,22,23)/t11-/m0/s1. The first-order valence-electron chi connectivity index (χ1n) is 8.78. The van der Waals surface area contributed by atoms with E-state index >= 15 is 0 Å². The number of anilines is 1. The minimum atomic E-state index is -0.382. The molecule has 0 aromatic carbocycles. The van der Waals surface area contributed by atoms with Gasteiger partial charge in [0.25, 0.3) is 5.91 Å². The molecule has 0 fully saturated rings. The number of nitrogens with one attached hydrogen (secondary N) is 1. The predicted molar refractivity (Wildman–Crippen MR) is 103 cm³/mol. The van der Waals surface area contributed by atoms with Crippen LogP contribution >= 0.6 is 22.9 Å². The summed E-state index contributed by atoms with van der Waals surface area (Å²) in [5.41, 5.74) is 1.79. The lowest BCUT2D eigenvalue weighted by atomic mass is 9.85. The molecule has 2 aromatic rings. The summed E-state index contributed by atoms with van der Waals surface area (Å²) in [4.78, 5) is 30.2. The van der Waals surface area contributed by atoms with Gasteiger partial charge in [-0.15, -0.1) is 11.3 Å². The maximum absolute atomic E-state index is 12.6. The molecule has 1 aliphatic carbocycles. The molecule has 0 saturated carbocycles. The number of rotatable bonds is 5. The molecule has 0 radical (unpaired) electrons. The van der Waals surface area contributed by atoms with Crippen LogP contribution < -0.4 is 5.32 Å². The van der Waals surface area contributed by atoms with Gasteiger partial charge in [0, 0.05) is 11.1 Å². The van der Waals surface area contributed by atoms with Crippen molar-refractivity contribution < 1.29 is 14.3 Å². The summed E-state index contributed by atoms with van der Waals surface area (Å²) in [7, 11) is 0. The SMILES string of the molecule is CCOC(=O)c1c(NC(=O)c2cccnc2Cl)sc2c1CC[C@H](CC)C2. The van der Waals surface area contributed by atoms with E-state index in [1.807, 2.05) is 0 Å². The predicted octanol–water partition coefficient (Wildman–Crippen LogP) is 4.74. The van der Waals surface area contributed by atoms with Crippen LogP contribution in [0.4, 0.5) is 5.00 Å².